The van der Waals surface area contributed by atoms with Crippen LogP contribution in [0.1, 0.15) is 23.9 Å². The Morgan fingerprint density at radius 1 is 1.07 bits per heavy atom. The third-order valence-corrected chi connectivity index (χ3v) is 4.40. The van der Waals surface area contributed by atoms with Crippen molar-refractivity contribution in [2.75, 3.05) is 19.7 Å². The van der Waals surface area contributed by atoms with Crippen molar-refractivity contribution in [1.29, 1.82) is 0 Å². The molecule has 1 aromatic heterocycles. The lowest BCUT2D eigenvalue weighted by Gasteiger charge is -2.12. The number of guanidine groups is 1. The minimum Gasteiger partial charge on any atom is -0.492 e. The van der Waals surface area contributed by atoms with Crippen LogP contribution in [-0.2, 0) is 13.1 Å². The molecular formula is C23H30IN5O. The van der Waals surface area contributed by atoms with Crippen LogP contribution in [0.15, 0.2) is 72.0 Å². The Hall–Kier alpha value is -2.55. The Morgan fingerprint density at radius 3 is 2.57 bits per heavy atom. The minimum absolute atomic E-state index is 0. The summed E-state index contributed by atoms with van der Waals surface area (Å²) in [7, 11) is 0. The molecule has 0 bridgehead atoms. The number of nitrogens with one attached hydrogen (secondary N) is 2. The molecule has 3 rings (SSSR count). The first-order valence-corrected chi connectivity index (χ1v) is 10.00. The summed E-state index contributed by atoms with van der Waals surface area (Å²) in [4.78, 5) is 9.13. The first-order chi connectivity index (χ1) is 14.2. The predicted octanol–water partition coefficient (Wildman–Crippen LogP) is 3.99. The van der Waals surface area contributed by atoms with Gasteiger partial charge in [-0.1, -0.05) is 48.0 Å². The maximum absolute atomic E-state index is 5.76. The lowest BCUT2D eigenvalue weighted by atomic mass is 10.2. The number of hydrogen-bond acceptors (Lipinski definition) is 3. The van der Waals surface area contributed by atoms with E-state index in [1.54, 1.807) is 0 Å². The van der Waals surface area contributed by atoms with E-state index >= 15 is 0 Å². The second-order valence-electron chi connectivity index (χ2n) is 6.74. The van der Waals surface area contributed by atoms with Crippen molar-refractivity contribution in [2.24, 2.45) is 4.99 Å². The Balaban J connectivity index is 0.00000320. The number of aromatic nitrogens is 2. The normalized spacial score (nSPS) is 10.9. The molecule has 2 aromatic carbocycles. The lowest BCUT2D eigenvalue weighted by molar-refractivity contribution is 0.322. The summed E-state index contributed by atoms with van der Waals surface area (Å²) in [6.45, 7) is 7.44. The molecule has 0 radical (unpaired) electrons. The zero-order valence-corrected chi connectivity index (χ0v) is 19.9. The van der Waals surface area contributed by atoms with Gasteiger partial charge < -0.3 is 19.9 Å². The third kappa shape index (κ3) is 7.70. The van der Waals surface area contributed by atoms with E-state index in [0.29, 0.717) is 19.7 Å². The second-order valence-corrected chi connectivity index (χ2v) is 6.74. The zero-order valence-electron chi connectivity index (χ0n) is 17.5. The Morgan fingerprint density at radius 2 is 1.83 bits per heavy atom. The lowest BCUT2D eigenvalue weighted by Crippen LogP contribution is -2.39. The first-order valence-electron chi connectivity index (χ1n) is 10.00. The average molecular weight is 519 g/mol. The highest BCUT2D eigenvalue weighted by Gasteiger charge is 2.04. The van der Waals surface area contributed by atoms with E-state index in [9.17, 15) is 0 Å². The zero-order chi connectivity index (χ0) is 20.3. The molecule has 0 saturated carbocycles. The first kappa shape index (κ1) is 23.7. The molecule has 1 heterocycles. The van der Waals surface area contributed by atoms with Crippen LogP contribution in [0.2, 0.25) is 0 Å². The fraction of sp³-hybridized carbons (Fsp3) is 0.304. The quantitative estimate of drug-likeness (QED) is 0.194. The summed E-state index contributed by atoms with van der Waals surface area (Å²) < 4.78 is 7.89. The van der Waals surface area contributed by atoms with Gasteiger partial charge in [0.25, 0.3) is 0 Å². The van der Waals surface area contributed by atoms with E-state index < -0.39 is 0 Å². The summed E-state index contributed by atoms with van der Waals surface area (Å²) in [6.07, 6.45) is 3.82. The summed E-state index contributed by atoms with van der Waals surface area (Å²) in [6, 6.07) is 18.4. The molecule has 0 aliphatic carbocycles. The number of ether oxygens (including phenoxy) is 1. The van der Waals surface area contributed by atoms with Crippen molar-refractivity contribution in [1.82, 2.24) is 20.2 Å². The molecule has 30 heavy (non-hydrogen) atoms. The van der Waals surface area contributed by atoms with E-state index in [0.717, 1.165) is 30.6 Å². The maximum Gasteiger partial charge on any atom is 0.191 e. The molecule has 0 saturated heterocycles. The summed E-state index contributed by atoms with van der Waals surface area (Å²) in [5.74, 6) is 2.57. The van der Waals surface area contributed by atoms with Crippen molar-refractivity contribution >= 4 is 29.9 Å². The molecule has 3 aromatic rings. The highest BCUT2D eigenvalue weighted by molar-refractivity contribution is 14.0. The van der Waals surface area contributed by atoms with Gasteiger partial charge in [0.15, 0.2) is 5.96 Å². The number of hydrogen-bond donors (Lipinski definition) is 2. The van der Waals surface area contributed by atoms with E-state index in [4.69, 9.17) is 4.74 Å². The Kier molecular flexibility index (Phi) is 10.2. The summed E-state index contributed by atoms with van der Waals surface area (Å²) >= 11 is 0. The van der Waals surface area contributed by atoms with E-state index in [2.05, 4.69) is 63.3 Å². The molecule has 0 unspecified atom stereocenters. The van der Waals surface area contributed by atoms with Crippen molar-refractivity contribution in [3.05, 3.63) is 83.9 Å². The smallest absolute Gasteiger partial charge is 0.191 e. The molecular weight excluding hydrogens is 489 g/mol. The summed E-state index contributed by atoms with van der Waals surface area (Å²) in [5, 5.41) is 6.58. The number of halogens is 1. The fourth-order valence-electron chi connectivity index (χ4n) is 2.88. The molecule has 0 aliphatic rings. The third-order valence-electron chi connectivity index (χ3n) is 4.40. The van der Waals surface area contributed by atoms with Gasteiger partial charge in [-0.3, -0.25) is 0 Å². The number of aryl methyl sites for hydroxylation is 1. The van der Waals surface area contributed by atoms with Crippen LogP contribution < -0.4 is 15.4 Å². The largest absolute Gasteiger partial charge is 0.492 e. The summed E-state index contributed by atoms with van der Waals surface area (Å²) in [5.41, 5.74) is 2.47. The number of nitrogens with zero attached hydrogens (tertiary/aromatic N) is 3. The van der Waals surface area contributed by atoms with E-state index in [-0.39, 0.29) is 24.0 Å². The maximum atomic E-state index is 5.76. The standard InChI is InChI=1S/C23H29N5O.HI/c1-3-24-23(26-14-16-29-21-11-9-19(2)10-12-21)27-17-22-25-13-15-28(22)18-20-7-5-4-6-8-20;/h4-13,15H,3,14,16-18H2,1-2H3,(H2,24,26,27);1H. The molecule has 0 spiro atoms. The molecule has 0 atom stereocenters. The number of benzene rings is 2. The van der Waals surface area contributed by atoms with E-state index in [1.807, 2.05) is 42.7 Å². The fourth-order valence-corrected chi connectivity index (χ4v) is 2.88. The predicted molar refractivity (Wildman–Crippen MR) is 133 cm³/mol. The molecule has 0 fully saturated rings. The highest BCUT2D eigenvalue weighted by atomic mass is 127. The van der Waals surface area contributed by atoms with Gasteiger partial charge in [-0.2, -0.15) is 0 Å². The topological polar surface area (TPSA) is 63.5 Å². The van der Waals surface area contributed by atoms with Crippen LogP contribution in [0.25, 0.3) is 0 Å². The SMILES string of the molecule is CCNC(=NCc1nccn1Cc1ccccc1)NCCOc1ccc(C)cc1.I. The van der Waals surface area contributed by atoms with Gasteiger partial charge in [-0.05, 0) is 31.5 Å². The minimum atomic E-state index is 0. The van der Waals surface area contributed by atoms with Crippen molar-refractivity contribution in [2.45, 2.75) is 26.9 Å². The average Bonchev–Trinajstić information content (AvgIpc) is 3.18. The van der Waals surface area contributed by atoms with Gasteiger partial charge in [0.1, 0.15) is 24.7 Å². The van der Waals surface area contributed by atoms with Crippen LogP contribution in [0, 0.1) is 6.92 Å². The van der Waals surface area contributed by atoms with Gasteiger partial charge in [0.2, 0.25) is 0 Å². The van der Waals surface area contributed by atoms with E-state index in [1.165, 1.54) is 11.1 Å². The molecule has 0 aliphatic heterocycles. The van der Waals surface area contributed by atoms with Crippen LogP contribution in [0.5, 0.6) is 5.75 Å². The van der Waals surface area contributed by atoms with Crippen LogP contribution in [0.3, 0.4) is 0 Å². The molecule has 6 nitrogen and oxygen atoms in total. The molecule has 2 N–H and O–H groups in total. The second kappa shape index (κ2) is 12.9. The van der Waals surface area contributed by atoms with Gasteiger partial charge in [0, 0.05) is 25.5 Å². The molecule has 160 valence electrons. The Bertz CT molecular complexity index is 893. The number of imidazole rings is 1. The molecule has 0 amide bonds. The van der Waals surface area contributed by atoms with Crippen molar-refractivity contribution in [3.8, 4) is 5.75 Å². The highest BCUT2D eigenvalue weighted by Crippen LogP contribution is 2.10. The Labute approximate surface area is 195 Å². The molecule has 7 heteroatoms. The van der Waals surface area contributed by atoms with Gasteiger partial charge in [-0.15, -0.1) is 24.0 Å². The van der Waals surface area contributed by atoms with Crippen molar-refractivity contribution in [3.63, 3.8) is 0 Å². The number of rotatable bonds is 9. The van der Waals surface area contributed by atoms with Gasteiger partial charge >= 0.3 is 0 Å². The number of aliphatic imine (C=N–C) groups is 1. The van der Waals surface area contributed by atoms with Crippen LogP contribution >= 0.6 is 24.0 Å². The van der Waals surface area contributed by atoms with Crippen LogP contribution in [0.4, 0.5) is 0 Å². The van der Waals surface area contributed by atoms with Gasteiger partial charge in [0.05, 0.1) is 6.54 Å². The van der Waals surface area contributed by atoms with Crippen molar-refractivity contribution < 1.29 is 4.74 Å². The van der Waals surface area contributed by atoms with Gasteiger partial charge in [-0.25, -0.2) is 9.98 Å². The van der Waals surface area contributed by atoms with Crippen LogP contribution in [-0.4, -0.2) is 35.2 Å². The monoisotopic (exact) mass is 519 g/mol.